The molecule has 2 aromatic carbocycles. The minimum atomic E-state index is -4.70. The quantitative estimate of drug-likeness (QED) is 0.451. The number of carbonyl (C=O) groups is 2. The van der Waals surface area contributed by atoms with Gasteiger partial charge in [-0.25, -0.2) is 9.78 Å². The molecule has 0 spiro atoms. The molecular weight excluding hydrogens is 475 g/mol. The van der Waals surface area contributed by atoms with Crippen molar-refractivity contribution in [2.75, 3.05) is 19.5 Å². The summed E-state index contributed by atoms with van der Waals surface area (Å²) in [4.78, 5) is 28.6. The number of pyridine rings is 1. The smallest absolute Gasteiger partial charge is 0.433 e. The van der Waals surface area contributed by atoms with Gasteiger partial charge in [-0.1, -0.05) is 12.1 Å². The number of fused-ring (bicyclic) bond motifs is 1. The van der Waals surface area contributed by atoms with Gasteiger partial charge < -0.3 is 20.1 Å². The number of nitrogens with zero attached hydrogens (tertiary/aromatic N) is 1. The van der Waals surface area contributed by atoms with E-state index in [4.69, 9.17) is 9.47 Å². The second kappa shape index (κ2) is 10.4. The number of halogens is 3. The fourth-order valence-electron chi connectivity index (χ4n) is 4.47. The fraction of sp³-hybridized carbons (Fsp3) is 0.346. The molecule has 3 aromatic rings. The zero-order chi connectivity index (χ0) is 25.9. The predicted octanol–water partition coefficient (Wildman–Crippen LogP) is 5.20. The van der Waals surface area contributed by atoms with Crippen molar-refractivity contribution in [2.45, 2.75) is 43.9 Å². The largest absolute Gasteiger partial charge is 0.497 e. The summed E-state index contributed by atoms with van der Waals surface area (Å²) in [5.74, 6) is -0.344. The first-order chi connectivity index (χ1) is 17.2. The Labute approximate surface area is 206 Å². The number of alkyl halides is 3. The van der Waals surface area contributed by atoms with Crippen LogP contribution >= 0.6 is 0 Å². The highest BCUT2D eigenvalue weighted by atomic mass is 19.4. The lowest BCUT2D eigenvalue weighted by atomic mass is 9.90. The average molecular weight is 502 g/mol. The summed E-state index contributed by atoms with van der Waals surface area (Å²) >= 11 is 0. The Morgan fingerprint density at radius 2 is 1.75 bits per heavy atom. The van der Waals surface area contributed by atoms with Crippen molar-refractivity contribution in [1.29, 1.82) is 0 Å². The van der Waals surface area contributed by atoms with Gasteiger partial charge in [-0.05, 0) is 62.1 Å². The lowest BCUT2D eigenvalue weighted by Crippen LogP contribution is -2.41. The van der Waals surface area contributed by atoms with Gasteiger partial charge in [-0.3, -0.25) is 4.79 Å². The van der Waals surface area contributed by atoms with Crippen LogP contribution in [-0.4, -0.2) is 43.2 Å². The van der Waals surface area contributed by atoms with Crippen molar-refractivity contribution < 1.29 is 32.2 Å². The maximum Gasteiger partial charge on any atom is 0.433 e. The number of amides is 1. The number of ether oxygens (including phenoxy) is 2. The number of para-hydroxylation sites is 1. The van der Waals surface area contributed by atoms with Crippen molar-refractivity contribution in [3.05, 3.63) is 65.4 Å². The van der Waals surface area contributed by atoms with Crippen LogP contribution in [0, 0.1) is 0 Å². The van der Waals surface area contributed by atoms with Crippen LogP contribution in [0.5, 0.6) is 5.75 Å². The Balaban J connectivity index is 1.57. The van der Waals surface area contributed by atoms with E-state index in [1.807, 2.05) is 0 Å². The number of anilines is 1. The molecular formula is C26H26F3N3O4. The fourth-order valence-corrected chi connectivity index (χ4v) is 4.47. The second-order valence-electron chi connectivity index (χ2n) is 8.65. The molecule has 4 rings (SSSR count). The number of carbonyl (C=O) groups excluding carboxylic acids is 2. The molecule has 0 aliphatic heterocycles. The van der Waals surface area contributed by atoms with E-state index in [2.05, 4.69) is 15.6 Å². The topological polar surface area (TPSA) is 89.6 Å². The number of aromatic nitrogens is 1. The summed E-state index contributed by atoms with van der Waals surface area (Å²) in [5.41, 5.74) is -0.505. The van der Waals surface area contributed by atoms with E-state index in [0.717, 1.165) is 32.4 Å². The van der Waals surface area contributed by atoms with E-state index in [-0.39, 0.29) is 34.8 Å². The zero-order valence-corrected chi connectivity index (χ0v) is 19.8. The maximum absolute atomic E-state index is 13.6. The van der Waals surface area contributed by atoms with Crippen LogP contribution < -0.4 is 15.4 Å². The van der Waals surface area contributed by atoms with Gasteiger partial charge in [0.15, 0.2) is 0 Å². The van der Waals surface area contributed by atoms with Crippen LogP contribution in [0.1, 0.15) is 52.1 Å². The molecule has 1 aromatic heterocycles. The molecule has 1 amide bonds. The molecule has 1 heterocycles. The molecule has 36 heavy (non-hydrogen) atoms. The van der Waals surface area contributed by atoms with Crippen molar-refractivity contribution in [1.82, 2.24) is 10.3 Å². The minimum Gasteiger partial charge on any atom is -0.497 e. The highest BCUT2D eigenvalue weighted by Gasteiger charge is 2.34. The molecule has 2 N–H and O–H groups in total. The molecule has 1 fully saturated rings. The summed E-state index contributed by atoms with van der Waals surface area (Å²) in [7, 11) is 2.71. The molecule has 1 aliphatic carbocycles. The number of benzene rings is 2. The number of nitrogens with one attached hydrogen (secondary N) is 2. The van der Waals surface area contributed by atoms with Gasteiger partial charge in [0.25, 0.3) is 5.91 Å². The lowest BCUT2D eigenvalue weighted by Gasteiger charge is -2.31. The van der Waals surface area contributed by atoms with Gasteiger partial charge in [0, 0.05) is 28.7 Å². The third-order valence-corrected chi connectivity index (χ3v) is 6.26. The summed E-state index contributed by atoms with van der Waals surface area (Å²) in [5, 5.41) is 6.62. The summed E-state index contributed by atoms with van der Waals surface area (Å²) in [6, 6.07) is 12.0. The normalized spacial score (nSPS) is 17.9. The van der Waals surface area contributed by atoms with E-state index in [0.29, 0.717) is 23.1 Å². The first kappa shape index (κ1) is 25.3. The van der Waals surface area contributed by atoms with Gasteiger partial charge in [-0.2, -0.15) is 13.2 Å². The van der Waals surface area contributed by atoms with E-state index >= 15 is 0 Å². The highest BCUT2D eigenvalue weighted by Crippen LogP contribution is 2.35. The van der Waals surface area contributed by atoms with Crippen LogP contribution in [0.25, 0.3) is 10.9 Å². The van der Waals surface area contributed by atoms with Crippen LogP contribution in [-0.2, 0) is 10.9 Å². The van der Waals surface area contributed by atoms with Gasteiger partial charge in [0.1, 0.15) is 11.4 Å². The molecule has 190 valence electrons. The molecule has 0 unspecified atom stereocenters. The number of rotatable bonds is 6. The molecule has 7 nitrogen and oxygen atoms in total. The summed E-state index contributed by atoms with van der Waals surface area (Å²) in [6.07, 6.45) is -1.90. The Hall–Kier alpha value is -3.82. The average Bonchev–Trinajstić information content (AvgIpc) is 2.87. The highest BCUT2D eigenvalue weighted by molar-refractivity contribution is 6.06. The number of methoxy groups -OCH3 is 2. The summed E-state index contributed by atoms with van der Waals surface area (Å²) < 4.78 is 50.8. The van der Waals surface area contributed by atoms with Crippen molar-refractivity contribution in [3.63, 3.8) is 0 Å². The van der Waals surface area contributed by atoms with Crippen LogP contribution in [0.2, 0.25) is 0 Å². The van der Waals surface area contributed by atoms with Crippen LogP contribution in [0.3, 0.4) is 0 Å². The van der Waals surface area contributed by atoms with Crippen molar-refractivity contribution >= 4 is 28.5 Å². The van der Waals surface area contributed by atoms with Crippen LogP contribution in [0.15, 0.2) is 48.5 Å². The molecule has 1 aliphatic rings. The number of hydrogen-bond acceptors (Lipinski definition) is 6. The van der Waals surface area contributed by atoms with Crippen LogP contribution in [0.4, 0.5) is 18.9 Å². The Morgan fingerprint density at radius 3 is 2.42 bits per heavy atom. The van der Waals surface area contributed by atoms with Gasteiger partial charge in [-0.15, -0.1) is 0 Å². The van der Waals surface area contributed by atoms with Gasteiger partial charge in [0.05, 0.1) is 25.3 Å². The van der Waals surface area contributed by atoms with Gasteiger partial charge in [0.2, 0.25) is 0 Å². The molecule has 0 saturated heterocycles. The predicted molar refractivity (Wildman–Crippen MR) is 128 cm³/mol. The van der Waals surface area contributed by atoms with Gasteiger partial charge >= 0.3 is 12.1 Å². The van der Waals surface area contributed by atoms with E-state index < -0.39 is 17.8 Å². The maximum atomic E-state index is 13.6. The summed E-state index contributed by atoms with van der Waals surface area (Å²) in [6.45, 7) is 0. The first-order valence-corrected chi connectivity index (χ1v) is 11.5. The number of esters is 1. The Morgan fingerprint density at radius 1 is 1.03 bits per heavy atom. The standard InChI is InChI=1S/C26H26F3N3O4/c1-35-18-11-9-15(10-12-18)24(33)31-17-6-3-5-16(13-17)30-21-14-22(26(27,28)29)32-23-19(21)7-4-8-20(23)25(34)36-2/h4,7-12,14,16-17H,3,5-6,13H2,1-2H3,(H,30,32)(H,31,33)/t16-,17+/m0/s1. The monoisotopic (exact) mass is 501 g/mol. The second-order valence-corrected chi connectivity index (χ2v) is 8.65. The minimum absolute atomic E-state index is 0.0441. The number of hydrogen-bond donors (Lipinski definition) is 2. The lowest BCUT2D eigenvalue weighted by molar-refractivity contribution is -0.140. The molecule has 10 heteroatoms. The third kappa shape index (κ3) is 5.53. The SMILES string of the molecule is COC(=O)c1cccc2c(N[C@H]3CCC[C@@H](NC(=O)c4ccc(OC)cc4)C3)cc(C(F)(F)F)nc12. The van der Waals surface area contributed by atoms with E-state index in [9.17, 15) is 22.8 Å². The van der Waals surface area contributed by atoms with E-state index in [1.54, 1.807) is 43.5 Å². The van der Waals surface area contributed by atoms with Crippen molar-refractivity contribution in [2.24, 2.45) is 0 Å². The molecule has 0 radical (unpaired) electrons. The van der Waals surface area contributed by atoms with Crippen molar-refractivity contribution in [3.8, 4) is 5.75 Å². The Kier molecular flexibility index (Phi) is 7.32. The first-order valence-electron chi connectivity index (χ1n) is 11.5. The van der Waals surface area contributed by atoms with E-state index in [1.165, 1.54) is 6.07 Å². The zero-order valence-electron chi connectivity index (χ0n) is 19.8. The third-order valence-electron chi connectivity index (χ3n) is 6.26. The molecule has 2 atom stereocenters. The Bertz CT molecular complexity index is 1260. The molecule has 1 saturated carbocycles. The molecule has 0 bridgehead atoms.